The summed E-state index contributed by atoms with van der Waals surface area (Å²) < 4.78 is 2.01. The van der Waals surface area contributed by atoms with Crippen LogP contribution in [-0.4, -0.2) is 32.4 Å². The first-order valence-electron chi connectivity index (χ1n) is 6.56. The van der Waals surface area contributed by atoms with Gasteiger partial charge in [-0.15, -0.1) is 10.2 Å². The maximum atomic E-state index is 8.69. The van der Waals surface area contributed by atoms with Gasteiger partial charge in [-0.05, 0) is 26.3 Å². The van der Waals surface area contributed by atoms with Crippen molar-refractivity contribution in [2.24, 2.45) is 16.3 Å². The Morgan fingerprint density at radius 2 is 2.32 bits per heavy atom. The largest absolute Gasteiger partial charge is 0.409 e. The minimum absolute atomic E-state index is 0.276. The summed E-state index contributed by atoms with van der Waals surface area (Å²) in [5.74, 6) is 1.22. The molecule has 0 aliphatic heterocycles. The van der Waals surface area contributed by atoms with Gasteiger partial charge >= 0.3 is 0 Å². The summed E-state index contributed by atoms with van der Waals surface area (Å²) in [6, 6.07) is 0. The first-order chi connectivity index (χ1) is 9.01. The molecular formula is C12H24N6O. The molecule has 0 saturated carbocycles. The molecule has 1 rings (SSSR count). The Balaban J connectivity index is 2.25. The number of nitrogens with one attached hydrogen (secondary N) is 1. The van der Waals surface area contributed by atoms with Crippen molar-refractivity contribution in [2.45, 2.75) is 46.7 Å². The van der Waals surface area contributed by atoms with Crippen LogP contribution in [0.4, 0.5) is 0 Å². The van der Waals surface area contributed by atoms with Gasteiger partial charge in [0.25, 0.3) is 0 Å². The van der Waals surface area contributed by atoms with Crippen LogP contribution in [0.25, 0.3) is 0 Å². The van der Waals surface area contributed by atoms with E-state index < -0.39 is 0 Å². The number of aryl methyl sites for hydroxylation is 1. The predicted molar refractivity (Wildman–Crippen MR) is 73.8 cm³/mol. The molecule has 0 radical (unpaired) electrons. The van der Waals surface area contributed by atoms with E-state index in [1.165, 1.54) is 0 Å². The molecule has 0 spiro atoms. The first kappa shape index (κ1) is 15.4. The van der Waals surface area contributed by atoms with Gasteiger partial charge in [0.2, 0.25) is 0 Å². The van der Waals surface area contributed by atoms with Crippen molar-refractivity contribution in [2.75, 3.05) is 6.54 Å². The summed E-state index contributed by atoms with van der Waals surface area (Å²) in [6.45, 7) is 8.44. The van der Waals surface area contributed by atoms with Gasteiger partial charge < -0.3 is 20.8 Å². The van der Waals surface area contributed by atoms with Crippen LogP contribution in [0.1, 0.15) is 39.4 Å². The van der Waals surface area contributed by atoms with Crippen molar-refractivity contribution in [3.05, 3.63) is 12.2 Å². The van der Waals surface area contributed by atoms with E-state index in [2.05, 4.69) is 27.6 Å². The summed E-state index contributed by atoms with van der Waals surface area (Å²) in [6.07, 6.45) is 3.54. The van der Waals surface area contributed by atoms with Crippen LogP contribution in [0.5, 0.6) is 0 Å². The molecule has 0 aliphatic carbocycles. The van der Waals surface area contributed by atoms with Crippen LogP contribution in [0.2, 0.25) is 0 Å². The molecule has 7 nitrogen and oxygen atoms in total. The molecule has 1 aromatic rings. The Kier molecular flexibility index (Phi) is 5.75. The molecule has 0 fully saturated rings. The molecule has 4 N–H and O–H groups in total. The molecule has 0 unspecified atom stereocenters. The SMILES string of the molecule is CCn1cnnc1CNCCCC(C)(C)C(N)=NO. The molecule has 0 atom stereocenters. The van der Waals surface area contributed by atoms with Gasteiger partial charge in [0.1, 0.15) is 18.0 Å². The Morgan fingerprint density at radius 1 is 1.58 bits per heavy atom. The van der Waals surface area contributed by atoms with Gasteiger partial charge in [0.05, 0.1) is 6.54 Å². The highest BCUT2D eigenvalue weighted by atomic mass is 16.4. The van der Waals surface area contributed by atoms with Crippen molar-refractivity contribution in [1.82, 2.24) is 20.1 Å². The molecular weight excluding hydrogens is 244 g/mol. The lowest BCUT2D eigenvalue weighted by atomic mass is 9.86. The average molecular weight is 268 g/mol. The molecule has 0 saturated heterocycles. The van der Waals surface area contributed by atoms with Crippen molar-refractivity contribution in [1.29, 1.82) is 0 Å². The second-order valence-corrected chi connectivity index (χ2v) is 5.18. The molecule has 7 heteroatoms. The zero-order chi connectivity index (χ0) is 14.3. The van der Waals surface area contributed by atoms with E-state index in [9.17, 15) is 0 Å². The molecule has 0 aliphatic rings. The standard InChI is InChI=1S/C12H24N6O/c1-4-18-9-15-16-10(18)8-14-7-5-6-12(2,3)11(13)17-19/h9,14,19H,4-8H2,1-3H3,(H2,13,17). The Bertz CT molecular complexity index is 412. The molecule has 108 valence electrons. The van der Waals surface area contributed by atoms with Crippen molar-refractivity contribution in [3.8, 4) is 0 Å². The topological polar surface area (TPSA) is 101 Å². The minimum Gasteiger partial charge on any atom is -0.409 e. The Morgan fingerprint density at radius 3 is 2.95 bits per heavy atom. The Hall–Kier alpha value is -1.63. The molecule has 19 heavy (non-hydrogen) atoms. The van der Waals surface area contributed by atoms with Crippen LogP contribution < -0.4 is 11.1 Å². The van der Waals surface area contributed by atoms with Crippen LogP contribution in [0.15, 0.2) is 11.5 Å². The van der Waals surface area contributed by atoms with E-state index in [-0.39, 0.29) is 11.3 Å². The number of amidine groups is 1. The monoisotopic (exact) mass is 268 g/mol. The summed E-state index contributed by atoms with van der Waals surface area (Å²) >= 11 is 0. The number of hydrogen-bond donors (Lipinski definition) is 3. The van der Waals surface area contributed by atoms with E-state index >= 15 is 0 Å². The van der Waals surface area contributed by atoms with E-state index in [4.69, 9.17) is 10.9 Å². The predicted octanol–water partition coefficient (Wildman–Crippen LogP) is 0.940. The van der Waals surface area contributed by atoms with E-state index in [0.717, 1.165) is 31.8 Å². The van der Waals surface area contributed by atoms with E-state index in [0.29, 0.717) is 6.54 Å². The number of nitrogens with zero attached hydrogens (tertiary/aromatic N) is 4. The third kappa shape index (κ3) is 4.51. The van der Waals surface area contributed by atoms with Crippen LogP contribution >= 0.6 is 0 Å². The summed E-state index contributed by atoms with van der Waals surface area (Å²) in [5.41, 5.74) is 5.36. The summed E-state index contributed by atoms with van der Waals surface area (Å²) in [4.78, 5) is 0. The van der Waals surface area contributed by atoms with Crippen LogP contribution in [0.3, 0.4) is 0 Å². The fourth-order valence-corrected chi connectivity index (χ4v) is 1.80. The molecule has 1 aromatic heterocycles. The number of rotatable bonds is 8. The van der Waals surface area contributed by atoms with Gasteiger partial charge in [-0.25, -0.2) is 0 Å². The van der Waals surface area contributed by atoms with Crippen LogP contribution in [0, 0.1) is 5.41 Å². The van der Waals surface area contributed by atoms with Crippen molar-refractivity contribution >= 4 is 5.84 Å². The third-order valence-corrected chi connectivity index (χ3v) is 3.28. The number of aromatic nitrogens is 3. The van der Waals surface area contributed by atoms with Gasteiger partial charge in [-0.2, -0.15) is 0 Å². The van der Waals surface area contributed by atoms with Gasteiger partial charge in [-0.1, -0.05) is 19.0 Å². The Labute approximate surface area is 113 Å². The fourth-order valence-electron chi connectivity index (χ4n) is 1.80. The summed E-state index contributed by atoms with van der Waals surface area (Å²) in [7, 11) is 0. The fraction of sp³-hybridized carbons (Fsp3) is 0.750. The lowest BCUT2D eigenvalue weighted by molar-refractivity contribution is 0.304. The highest BCUT2D eigenvalue weighted by molar-refractivity contribution is 5.85. The third-order valence-electron chi connectivity index (χ3n) is 3.28. The van der Waals surface area contributed by atoms with Crippen molar-refractivity contribution < 1.29 is 5.21 Å². The van der Waals surface area contributed by atoms with Gasteiger partial charge in [0.15, 0.2) is 0 Å². The molecule has 0 amide bonds. The van der Waals surface area contributed by atoms with E-state index in [1.54, 1.807) is 6.33 Å². The van der Waals surface area contributed by atoms with Gasteiger partial charge in [0, 0.05) is 12.0 Å². The first-order valence-corrected chi connectivity index (χ1v) is 6.56. The average Bonchev–Trinajstić information content (AvgIpc) is 2.84. The second kappa shape index (κ2) is 7.08. The molecule has 1 heterocycles. The zero-order valence-corrected chi connectivity index (χ0v) is 11.9. The minimum atomic E-state index is -0.278. The number of hydrogen-bond acceptors (Lipinski definition) is 5. The second-order valence-electron chi connectivity index (χ2n) is 5.18. The molecule has 0 bridgehead atoms. The molecule has 0 aromatic carbocycles. The number of oxime groups is 1. The smallest absolute Gasteiger partial charge is 0.146 e. The maximum absolute atomic E-state index is 8.69. The lowest BCUT2D eigenvalue weighted by Gasteiger charge is -2.22. The van der Waals surface area contributed by atoms with Crippen LogP contribution in [-0.2, 0) is 13.1 Å². The highest BCUT2D eigenvalue weighted by Gasteiger charge is 2.22. The normalized spacial score (nSPS) is 12.9. The van der Waals surface area contributed by atoms with E-state index in [1.807, 2.05) is 18.4 Å². The quantitative estimate of drug-likeness (QED) is 0.214. The maximum Gasteiger partial charge on any atom is 0.146 e. The van der Waals surface area contributed by atoms with Gasteiger partial charge in [-0.3, -0.25) is 0 Å². The highest BCUT2D eigenvalue weighted by Crippen LogP contribution is 2.21. The number of nitrogens with two attached hydrogens (primary N) is 1. The lowest BCUT2D eigenvalue weighted by Crippen LogP contribution is -2.32. The zero-order valence-electron chi connectivity index (χ0n) is 11.9. The summed E-state index contributed by atoms with van der Waals surface area (Å²) in [5, 5.41) is 23.0. The van der Waals surface area contributed by atoms with Crippen molar-refractivity contribution in [3.63, 3.8) is 0 Å².